The largest absolute Gasteiger partial charge is 0.497 e. The number of halogens is 2. The fourth-order valence-electron chi connectivity index (χ4n) is 4.95. The maximum absolute atomic E-state index is 6.69. The van der Waals surface area contributed by atoms with Crippen LogP contribution in [0.1, 0.15) is 16.7 Å². The lowest BCUT2D eigenvalue weighted by Gasteiger charge is -2.37. The Labute approximate surface area is 245 Å². The van der Waals surface area contributed by atoms with E-state index < -0.39 is 22.6 Å². The highest BCUT2D eigenvalue weighted by Crippen LogP contribution is 2.61. The third kappa shape index (κ3) is 6.68. The quantitative estimate of drug-likeness (QED) is 0.228. The van der Waals surface area contributed by atoms with E-state index >= 15 is 0 Å². The maximum Gasteiger partial charge on any atom is 0.152 e. The molecule has 0 N–H and O–H groups in total. The molecule has 5 atom stereocenters. The van der Waals surface area contributed by atoms with E-state index in [-0.39, 0.29) is 18.6 Å². The van der Waals surface area contributed by atoms with Gasteiger partial charge in [0.2, 0.25) is 0 Å². The molecule has 1 heterocycles. The first-order valence-electron chi connectivity index (χ1n) is 13.2. The first kappa shape index (κ1) is 29.0. The van der Waals surface area contributed by atoms with Gasteiger partial charge < -0.3 is 33.2 Å². The lowest BCUT2D eigenvalue weighted by atomic mass is 10.0. The molecule has 214 valence electrons. The van der Waals surface area contributed by atoms with Crippen LogP contribution in [0.2, 0.25) is 0 Å². The van der Waals surface area contributed by atoms with Gasteiger partial charge in [-0.2, -0.15) is 0 Å². The van der Waals surface area contributed by atoms with Crippen molar-refractivity contribution in [3.05, 3.63) is 89.5 Å². The van der Waals surface area contributed by atoms with E-state index in [1.54, 1.807) is 21.3 Å². The molecule has 0 spiro atoms. The maximum atomic E-state index is 6.69. The molecular weight excluding hydrogens is 555 g/mol. The number of hydrogen-bond acceptors (Lipinski definition) is 7. The van der Waals surface area contributed by atoms with Crippen molar-refractivity contribution < 1.29 is 33.2 Å². The predicted octanol–water partition coefficient (Wildman–Crippen LogP) is 5.97. The van der Waals surface area contributed by atoms with Crippen molar-refractivity contribution in [1.82, 2.24) is 0 Å². The van der Waals surface area contributed by atoms with E-state index in [1.165, 1.54) is 0 Å². The second-order valence-electron chi connectivity index (χ2n) is 9.91. The third-order valence-electron chi connectivity index (χ3n) is 7.32. The average molecular weight is 590 g/mol. The van der Waals surface area contributed by atoms with Gasteiger partial charge in [-0.15, -0.1) is 0 Å². The third-order valence-corrected chi connectivity index (χ3v) is 8.25. The molecule has 1 aliphatic heterocycles. The molecule has 0 aromatic heterocycles. The summed E-state index contributed by atoms with van der Waals surface area (Å²) in [6, 6.07) is 23.3. The highest BCUT2D eigenvalue weighted by atomic mass is 35.5. The number of alkyl halides is 2. The zero-order chi connectivity index (χ0) is 28.1. The summed E-state index contributed by atoms with van der Waals surface area (Å²) in [4.78, 5) is 0. The van der Waals surface area contributed by atoms with E-state index in [9.17, 15) is 0 Å². The summed E-state index contributed by atoms with van der Waals surface area (Å²) in [5.41, 5.74) is 3.02. The van der Waals surface area contributed by atoms with E-state index in [0.29, 0.717) is 19.8 Å². The molecule has 1 aliphatic carbocycles. The topological polar surface area (TPSA) is 64.6 Å². The summed E-state index contributed by atoms with van der Waals surface area (Å²) in [7, 11) is 4.93. The van der Waals surface area contributed by atoms with Crippen molar-refractivity contribution in [2.45, 2.75) is 48.6 Å². The Morgan fingerprint density at radius 3 is 1.50 bits per heavy atom. The number of benzene rings is 3. The second-order valence-corrected chi connectivity index (χ2v) is 11.4. The van der Waals surface area contributed by atoms with Crippen molar-refractivity contribution in [2.24, 2.45) is 5.92 Å². The van der Waals surface area contributed by atoms with E-state index in [0.717, 1.165) is 33.9 Å². The lowest BCUT2D eigenvalue weighted by Crippen LogP contribution is -2.50. The average Bonchev–Trinajstić information content (AvgIpc) is 3.55. The number of fused-ring (bicyclic) bond motifs is 1. The summed E-state index contributed by atoms with van der Waals surface area (Å²) >= 11 is 13.4. The molecule has 9 heteroatoms. The molecule has 0 unspecified atom stereocenters. The van der Waals surface area contributed by atoms with Crippen LogP contribution in [0.25, 0.3) is 0 Å². The van der Waals surface area contributed by atoms with Gasteiger partial charge in [0, 0.05) is 0 Å². The smallest absolute Gasteiger partial charge is 0.152 e. The Bertz CT molecular complexity index is 1220. The van der Waals surface area contributed by atoms with E-state index in [2.05, 4.69) is 0 Å². The van der Waals surface area contributed by atoms with Crippen LogP contribution in [0.5, 0.6) is 17.2 Å². The molecule has 0 amide bonds. The first-order chi connectivity index (χ1) is 19.4. The summed E-state index contributed by atoms with van der Waals surface area (Å²) < 4.78 is 40.2. The molecule has 7 nitrogen and oxygen atoms in total. The van der Waals surface area contributed by atoms with Crippen molar-refractivity contribution >= 4 is 23.2 Å². The normalized spacial score (nSPS) is 24.7. The van der Waals surface area contributed by atoms with Gasteiger partial charge in [0.05, 0.1) is 65.9 Å². The molecular formula is C31H34Cl2O7. The molecule has 0 bridgehead atoms. The molecule has 3 aromatic carbocycles. The zero-order valence-electron chi connectivity index (χ0n) is 22.8. The Hall–Kier alpha value is -2.52. The van der Waals surface area contributed by atoms with Gasteiger partial charge in [0.25, 0.3) is 0 Å². The van der Waals surface area contributed by atoms with Gasteiger partial charge in [0.15, 0.2) is 4.33 Å². The van der Waals surface area contributed by atoms with Gasteiger partial charge in [-0.3, -0.25) is 0 Å². The van der Waals surface area contributed by atoms with Crippen LogP contribution in [0.4, 0.5) is 0 Å². The fourth-order valence-corrected chi connectivity index (χ4v) is 5.67. The van der Waals surface area contributed by atoms with Crippen molar-refractivity contribution in [3.8, 4) is 17.2 Å². The molecule has 40 heavy (non-hydrogen) atoms. The summed E-state index contributed by atoms with van der Waals surface area (Å²) in [6.07, 6.45) is -1.66. The lowest BCUT2D eigenvalue weighted by molar-refractivity contribution is -0.201. The van der Waals surface area contributed by atoms with Crippen LogP contribution in [-0.4, -0.2) is 56.7 Å². The molecule has 0 radical (unpaired) electrons. The van der Waals surface area contributed by atoms with Gasteiger partial charge in [-0.1, -0.05) is 59.6 Å². The summed E-state index contributed by atoms with van der Waals surface area (Å²) in [6.45, 7) is 1.41. The number of ether oxygens (including phenoxy) is 7. The highest BCUT2D eigenvalue weighted by Gasteiger charge is 2.73. The van der Waals surface area contributed by atoms with E-state index in [1.807, 2.05) is 72.8 Å². The minimum absolute atomic E-state index is 0.229. The van der Waals surface area contributed by atoms with Crippen LogP contribution >= 0.6 is 23.2 Å². The van der Waals surface area contributed by atoms with Gasteiger partial charge in [-0.25, -0.2) is 0 Å². The Balaban J connectivity index is 1.31. The van der Waals surface area contributed by atoms with Crippen molar-refractivity contribution in [2.75, 3.05) is 27.9 Å². The Morgan fingerprint density at radius 2 is 1.05 bits per heavy atom. The fraction of sp³-hybridized carbons (Fsp3) is 0.419. The highest BCUT2D eigenvalue weighted by molar-refractivity contribution is 6.51. The molecule has 5 rings (SSSR count). The van der Waals surface area contributed by atoms with Gasteiger partial charge in [0.1, 0.15) is 29.5 Å². The zero-order valence-corrected chi connectivity index (χ0v) is 24.3. The molecule has 3 aromatic rings. The van der Waals surface area contributed by atoms with Crippen molar-refractivity contribution in [3.63, 3.8) is 0 Å². The van der Waals surface area contributed by atoms with Crippen LogP contribution in [0.3, 0.4) is 0 Å². The first-order valence-corrected chi connectivity index (χ1v) is 13.9. The number of hydrogen-bond donors (Lipinski definition) is 0. The van der Waals surface area contributed by atoms with Gasteiger partial charge in [-0.05, 0) is 53.1 Å². The number of methoxy groups -OCH3 is 3. The summed E-state index contributed by atoms with van der Waals surface area (Å²) in [5, 5.41) is 0. The molecule has 1 saturated heterocycles. The Kier molecular flexibility index (Phi) is 9.41. The van der Waals surface area contributed by atoms with Crippen LogP contribution in [0.15, 0.2) is 72.8 Å². The monoisotopic (exact) mass is 588 g/mol. The van der Waals surface area contributed by atoms with E-state index in [4.69, 9.17) is 56.4 Å². The number of rotatable bonds is 13. The minimum Gasteiger partial charge on any atom is -0.497 e. The van der Waals surface area contributed by atoms with Crippen molar-refractivity contribution in [1.29, 1.82) is 0 Å². The molecule has 2 aliphatic rings. The predicted molar refractivity (Wildman–Crippen MR) is 152 cm³/mol. The van der Waals surface area contributed by atoms with Crippen LogP contribution in [-0.2, 0) is 38.8 Å². The van der Waals surface area contributed by atoms with Crippen LogP contribution < -0.4 is 14.2 Å². The standard InChI is InChI=1S/C31H34Cl2O7/c1-34-23-10-4-20(5-11-23)16-37-19-26-28(38-17-21-6-12-24(35-2)13-7-21)29(27-30(40-26)31(27,32)33)39-18-22-8-14-25(36-3)15-9-22/h4-15,26-30H,16-19H2,1-3H3/t26-,27-,28-,29-,30+/m1/s1. The SMILES string of the molecule is COc1ccc(COC[C@H]2O[C@H]3[C@@H]([C@@H](OCc4ccc(OC)cc4)[C@@H]2OCc2ccc(OC)cc2)C3(Cl)Cl)cc1. The summed E-state index contributed by atoms with van der Waals surface area (Å²) in [5.74, 6) is 2.13. The van der Waals surface area contributed by atoms with Crippen LogP contribution in [0, 0.1) is 5.92 Å². The second kappa shape index (κ2) is 13.0. The van der Waals surface area contributed by atoms with Gasteiger partial charge >= 0.3 is 0 Å². The minimum atomic E-state index is -1.06. The molecule has 2 fully saturated rings. The Morgan fingerprint density at radius 1 is 0.625 bits per heavy atom. The molecule has 1 saturated carbocycles.